The molecule has 1 aliphatic heterocycles. The fraction of sp³-hybridized carbons (Fsp3) is 0.0909. The lowest BCUT2D eigenvalue weighted by Crippen LogP contribution is -2.35. The molecular weight excluding hydrogens is 386 g/mol. The quantitative estimate of drug-likeness (QED) is 0.480. The SMILES string of the molecule is Brc1ccc(C2(Cc3ccncc3)c3ccccc3-c3nccn32)cc1. The van der Waals surface area contributed by atoms with Crippen LogP contribution in [0.5, 0.6) is 0 Å². The third-order valence-electron chi connectivity index (χ3n) is 5.20. The average Bonchev–Trinajstić information content (AvgIpc) is 3.26. The molecule has 4 aromatic rings. The summed E-state index contributed by atoms with van der Waals surface area (Å²) < 4.78 is 3.40. The number of pyridine rings is 1. The molecule has 0 saturated carbocycles. The third kappa shape index (κ3) is 2.19. The standard InChI is InChI=1S/C22H16BrN3/c23-18-7-5-17(6-8-18)22(15-16-9-11-24-12-10-16)20-4-2-1-3-19(20)21-25-13-14-26(21)22/h1-14H,15H2. The fourth-order valence-electron chi connectivity index (χ4n) is 4.08. The van der Waals surface area contributed by atoms with Gasteiger partial charge >= 0.3 is 0 Å². The summed E-state index contributed by atoms with van der Waals surface area (Å²) in [6.07, 6.45) is 8.56. The molecule has 3 heterocycles. The predicted molar refractivity (Wildman–Crippen MR) is 106 cm³/mol. The molecule has 0 N–H and O–H groups in total. The maximum Gasteiger partial charge on any atom is 0.141 e. The lowest BCUT2D eigenvalue weighted by Gasteiger charge is -2.34. The first-order valence-corrected chi connectivity index (χ1v) is 9.37. The number of hydrogen-bond acceptors (Lipinski definition) is 2. The van der Waals surface area contributed by atoms with E-state index in [-0.39, 0.29) is 5.54 Å². The summed E-state index contributed by atoms with van der Waals surface area (Å²) in [5.74, 6) is 1.03. The van der Waals surface area contributed by atoms with Crippen molar-refractivity contribution in [1.29, 1.82) is 0 Å². The Kier molecular flexibility index (Phi) is 3.54. The molecule has 2 aromatic carbocycles. The maximum atomic E-state index is 4.66. The Morgan fingerprint density at radius 3 is 2.46 bits per heavy atom. The van der Waals surface area contributed by atoms with Crippen LogP contribution in [-0.4, -0.2) is 14.5 Å². The van der Waals surface area contributed by atoms with Crippen LogP contribution >= 0.6 is 15.9 Å². The molecular formula is C22H16BrN3. The molecule has 5 rings (SSSR count). The Morgan fingerprint density at radius 2 is 1.65 bits per heavy atom. The summed E-state index contributed by atoms with van der Waals surface area (Å²) in [6, 6.07) is 21.4. The number of rotatable bonds is 3. The van der Waals surface area contributed by atoms with E-state index in [4.69, 9.17) is 0 Å². The number of imidazole rings is 1. The molecule has 0 amide bonds. The van der Waals surface area contributed by atoms with Gasteiger partial charge in [-0.3, -0.25) is 4.98 Å². The minimum absolute atomic E-state index is 0.315. The van der Waals surface area contributed by atoms with Gasteiger partial charge in [-0.05, 0) is 41.0 Å². The van der Waals surface area contributed by atoms with E-state index in [9.17, 15) is 0 Å². The van der Waals surface area contributed by atoms with E-state index in [1.165, 1.54) is 22.3 Å². The zero-order valence-corrected chi connectivity index (χ0v) is 15.6. The Labute approximate surface area is 160 Å². The van der Waals surface area contributed by atoms with Gasteiger partial charge in [0.1, 0.15) is 11.4 Å². The van der Waals surface area contributed by atoms with Crippen LogP contribution < -0.4 is 0 Å². The first-order chi connectivity index (χ1) is 12.8. The van der Waals surface area contributed by atoms with Gasteiger partial charge in [-0.1, -0.05) is 52.3 Å². The smallest absolute Gasteiger partial charge is 0.141 e. The van der Waals surface area contributed by atoms with Gasteiger partial charge in [0.15, 0.2) is 0 Å². The van der Waals surface area contributed by atoms with Crippen LogP contribution in [0.15, 0.2) is 89.9 Å². The first kappa shape index (κ1) is 15.5. The summed E-state index contributed by atoms with van der Waals surface area (Å²) in [6.45, 7) is 0. The second-order valence-electron chi connectivity index (χ2n) is 6.57. The van der Waals surface area contributed by atoms with Gasteiger partial charge in [-0.2, -0.15) is 0 Å². The molecule has 26 heavy (non-hydrogen) atoms. The normalized spacial score (nSPS) is 17.7. The molecule has 3 nitrogen and oxygen atoms in total. The predicted octanol–water partition coefficient (Wildman–Crippen LogP) is 5.06. The van der Waals surface area contributed by atoms with E-state index >= 15 is 0 Å². The van der Waals surface area contributed by atoms with E-state index in [0.29, 0.717) is 0 Å². The molecule has 0 saturated heterocycles. The van der Waals surface area contributed by atoms with Gasteiger partial charge < -0.3 is 4.57 Å². The summed E-state index contributed by atoms with van der Waals surface area (Å²) in [7, 11) is 0. The number of benzene rings is 2. The van der Waals surface area contributed by atoms with Crippen molar-refractivity contribution in [1.82, 2.24) is 14.5 Å². The van der Waals surface area contributed by atoms with Crippen molar-refractivity contribution in [2.45, 2.75) is 12.0 Å². The van der Waals surface area contributed by atoms with E-state index in [1.54, 1.807) is 0 Å². The van der Waals surface area contributed by atoms with Gasteiger partial charge in [0.25, 0.3) is 0 Å². The molecule has 0 radical (unpaired) electrons. The number of halogens is 1. The van der Waals surface area contributed by atoms with Gasteiger partial charge in [-0.15, -0.1) is 0 Å². The van der Waals surface area contributed by atoms with Gasteiger partial charge in [0.05, 0.1) is 0 Å². The molecule has 1 atom stereocenters. The summed E-state index contributed by atoms with van der Waals surface area (Å²) in [5, 5.41) is 0. The molecule has 1 unspecified atom stereocenters. The highest BCUT2D eigenvalue weighted by molar-refractivity contribution is 9.10. The van der Waals surface area contributed by atoms with Crippen LogP contribution in [0.3, 0.4) is 0 Å². The minimum atomic E-state index is -0.315. The van der Waals surface area contributed by atoms with Crippen molar-refractivity contribution in [3.8, 4) is 11.4 Å². The van der Waals surface area contributed by atoms with Gasteiger partial charge in [0, 0.05) is 41.2 Å². The highest BCUT2D eigenvalue weighted by Crippen LogP contribution is 2.48. The van der Waals surface area contributed by atoms with E-state index in [0.717, 1.165) is 16.7 Å². The molecule has 1 aliphatic rings. The number of hydrogen-bond donors (Lipinski definition) is 0. The Balaban J connectivity index is 1.82. The molecule has 126 valence electrons. The third-order valence-corrected chi connectivity index (χ3v) is 5.73. The fourth-order valence-corrected chi connectivity index (χ4v) is 4.34. The van der Waals surface area contributed by atoms with Crippen molar-refractivity contribution in [3.05, 3.63) is 107 Å². The van der Waals surface area contributed by atoms with Crippen molar-refractivity contribution >= 4 is 15.9 Å². The van der Waals surface area contributed by atoms with Crippen molar-refractivity contribution in [2.24, 2.45) is 0 Å². The number of aromatic nitrogens is 3. The maximum absolute atomic E-state index is 4.66. The lowest BCUT2D eigenvalue weighted by atomic mass is 9.78. The van der Waals surface area contributed by atoms with Crippen LogP contribution in [0.4, 0.5) is 0 Å². The molecule has 2 aromatic heterocycles. The van der Waals surface area contributed by atoms with Crippen LogP contribution in [0, 0.1) is 0 Å². The second-order valence-corrected chi connectivity index (χ2v) is 7.48. The molecule has 0 fully saturated rings. The summed E-state index contributed by atoms with van der Waals surface area (Å²) in [5.41, 5.74) is 4.68. The Morgan fingerprint density at radius 1 is 0.885 bits per heavy atom. The Bertz CT molecular complexity index is 1070. The molecule has 0 spiro atoms. The largest absolute Gasteiger partial charge is 0.316 e. The van der Waals surface area contributed by atoms with Crippen LogP contribution in [0.25, 0.3) is 11.4 Å². The van der Waals surface area contributed by atoms with Gasteiger partial charge in [0.2, 0.25) is 0 Å². The number of nitrogens with zero attached hydrogens (tertiary/aromatic N) is 3. The highest BCUT2D eigenvalue weighted by atomic mass is 79.9. The lowest BCUT2D eigenvalue weighted by molar-refractivity contribution is 0.450. The number of fused-ring (bicyclic) bond motifs is 3. The average molecular weight is 402 g/mol. The summed E-state index contributed by atoms with van der Waals surface area (Å²) >= 11 is 3.57. The zero-order chi connectivity index (χ0) is 17.6. The van der Waals surface area contributed by atoms with Crippen LogP contribution in [-0.2, 0) is 12.0 Å². The van der Waals surface area contributed by atoms with Crippen LogP contribution in [0.1, 0.15) is 16.7 Å². The second kappa shape index (κ2) is 5.92. The Hall–Kier alpha value is -2.72. The molecule has 0 bridgehead atoms. The van der Waals surface area contributed by atoms with Gasteiger partial charge in [-0.25, -0.2) is 4.98 Å². The highest BCUT2D eigenvalue weighted by Gasteiger charge is 2.44. The first-order valence-electron chi connectivity index (χ1n) is 8.58. The van der Waals surface area contributed by atoms with Crippen molar-refractivity contribution in [3.63, 3.8) is 0 Å². The van der Waals surface area contributed by atoms with Crippen molar-refractivity contribution in [2.75, 3.05) is 0 Å². The zero-order valence-electron chi connectivity index (χ0n) is 14.0. The monoisotopic (exact) mass is 401 g/mol. The van der Waals surface area contributed by atoms with E-state index < -0.39 is 0 Å². The molecule has 4 heteroatoms. The van der Waals surface area contributed by atoms with Crippen molar-refractivity contribution < 1.29 is 0 Å². The topological polar surface area (TPSA) is 30.7 Å². The summed E-state index contributed by atoms with van der Waals surface area (Å²) in [4.78, 5) is 8.84. The van der Waals surface area contributed by atoms with E-state index in [2.05, 4.69) is 97.3 Å². The molecule has 0 aliphatic carbocycles. The van der Waals surface area contributed by atoms with Crippen LogP contribution in [0.2, 0.25) is 0 Å². The minimum Gasteiger partial charge on any atom is -0.316 e. The van der Waals surface area contributed by atoms with E-state index in [1.807, 2.05) is 18.6 Å².